The number of amides is 2. The van der Waals surface area contributed by atoms with Crippen LogP contribution in [-0.2, 0) is 22.7 Å². The van der Waals surface area contributed by atoms with Gasteiger partial charge in [-0.3, -0.25) is 14.5 Å². The number of nitrogens with zero attached hydrogens (tertiary/aromatic N) is 4. The fourth-order valence-electron chi connectivity index (χ4n) is 4.48. The van der Waals surface area contributed by atoms with Crippen LogP contribution >= 0.6 is 0 Å². The highest BCUT2D eigenvalue weighted by Gasteiger charge is 2.35. The van der Waals surface area contributed by atoms with Crippen molar-refractivity contribution in [3.63, 3.8) is 0 Å². The molecule has 0 unspecified atom stereocenters. The minimum Gasteiger partial charge on any atom is -0.350 e. The SMILES string of the molecule is Cc1ccccc1[C@H](C(=O)NCc1ccccc1)N(C(=O)Cn1nnc2ccccc21)c1ccccc1F. The summed E-state index contributed by atoms with van der Waals surface area (Å²) < 4.78 is 16.7. The van der Waals surface area contributed by atoms with Gasteiger partial charge in [0.1, 0.15) is 23.9 Å². The first kappa shape index (κ1) is 24.8. The summed E-state index contributed by atoms with van der Waals surface area (Å²) >= 11 is 0. The molecule has 0 spiro atoms. The highest BCUT2D eigenvalue weighted by atomic mass is 19.1. The zero-order chi connectivity index (χ0) is 26.5. The number of fused-ring (bicyclic) bond motifs is 1. The summed E-state index contributed by atoms with van der Waals surface area (Å²) in [5.41, 5.74) is 3.60. The van der Waals surface area contributed by atoms with Crippen LogP contribution in [0.2, 0.25) is 0 Å². The third kappa shape index (κ3) is 5.15. The van der Waals surface area contributed by atoms with E-state index in [1.807, 2.05) is 61.5 Å². The fraction of sp³-hybridized carbons (Fsp3) is 0.133. The van der Waals surface area contributed by atoms with E-state index in [1.165, 1.54) is 21.7 Å². The summed E-state index contributed by atoms with van der Waals surface area (Å²) in [7, 11) is 0. The Morgan fingerprint density at radius 2 is 1.58 bits per heavy atom. The molecule has 1 heterocycles. The lowest BCUT2D eigenvalue weighted by molar-refractivity contribution is -0.127. The fourth-order valence-corrected chi connectivity index (χ4v) is 4.48. The van der Waals surface area contributed by atoms with Crippen molar-refractivity contribution in [1.29, 1.82) is 0 Å². The monoisotopic (exact) mass is 507 g/mol. The van der Waals surface area contributed by atoms with Crippen molar-refractivity contribution < 1.29 is 14.0 Å². The smallest absolute Gasteiger partial charge is 0.249 e. The molecule has 1 atom stereocenters. The van der Waals surface area contributed by atoms with Gasteiger partial charge in [-0.15, -0.1) is 5.10 Å². The quantitative estimate of drug-likeness (QED) is 0.322. The van der Waals surface area contributed by atoms with Crippen LogP contribution in [0.25, 0.3) is 11.0 Å². The van der Waals surface area contributed by atoms with Crippen LogP contribution in [0, 0.1) is 12.7 Å². The number of para-hydroxylation sites is 2. The number of halogens is 1. The Labute approximate surface area is 219 Å². The van der Waals surface area contributed by atoms with Crippen LogP contribution in [0.1, 0.15) is 22.7 Å². The molecule has 190 valence electrons. The third-order valence-electron chi connectivity index (χ3n) is 6.39. The van der Waals surface area contributed by atoms with Crippen LogP contribution in [-0.4, -0.2) is 26.8 Å². The zero-order valence-electron chi connectivity index (χ0n) is 20.8. The number of benzene rings is 4. The van der Waals surface area contributed by atoms with Gasteiger partial charge in [0.2, 0.25) is 11.8 Å². The van der Waals surface area contributed by atoms with E-state index in [0.717, 1.165) is 11.1 Å². The summed E-state index contributed by atoms with van der Waals surface area (Å²) in [5.74, 6) is -1.55. The van der Waals surface area contributed by atoms with Crippen molar-refractivity contribution in [1.82, 2.24) is 20.3 Å². The van der Waals surface area contributed by atoms with Gasteiger partial charge in [-0.2, -0.15) is 0 Å². The number of nitrogens with one attached hydrogen (secondary N) is 1. The molecule has 8 heteroatoms. The molecule has 0 bridgehead atoms. The molecule has 7 nitrogen and oxygen atoms in total. The minimum absolute atomic E-state index is 0.00466. The first-order valence-electron chi connectivity index (χ1n) is 12.2. The van der Waals surface area contributed by atoms with E-state index >= 15 is 4.39 Å². The average Bonchev–Trinajstić information content (AvgIpc) is 3.34. The van der Waals surface area contributed by atoms with Gasteiger partial charge in [-0.1, -0.05) is 84.1 Å². The molecule has 0 fully saturated rings. The predicted octanol–water partition coefficient (Wildman–Crippen LogP) is 4.97. The summed E-state index contributed by atoms with van der Waals surface area (Å²) in [6, 6.07) is 28.9. The molecule has 0 aliphatic carbocycles. The van der Waals surface area contributed by atoms with E-state index in [2.05, 4.69) is 15.6 Å². The summed E-state index contributed by atoms with van der Waals surface area (Å²) in [6.07, 6.45) is 0. The van der Waals surface area contributed by atoms with Gasteiger partial charge < -0.3 is 5.32 Å². The number of carbonyl (C=O) groups excluding carboxylic acids is 2. The number of rotatable bonds is 8. The Hall–Kier alpha value is -4.85. The van der Waals surface area contributed by atoms with Gasteiger partial charge in [-0.05, 0) is 47.9 Å². The van der Waals surface area contributed by atoms with Crippen molar-refractivity contribution in [3.8, 4) is 0 Å². The van der Waals surface area contributed by atoms with Crippen LogP contribution in [0.5, 0.6) is 0 Å². The summed E-state index contributed by atoms with van der Waals surface area (Å²) in [6.45, 7) is 1.89. The van der Waals surface area contributed by atoms with Gasteiger partial charge in [0.25, 0.3) is 0 Å². The Bertz CT molecular complexity index is 1580. The molecule has 5 aromatic rings. The third-order valence-corrected chi connectivity index (χ3v) is 6.39. The van der Waals surface area contributed by atoms with E-state index in [4.69, 9.17) is 0 Å². The van der Waals surface area contributed by atoms with E-state index in [1.54, 1.807) is 36.4 Å². The topological polar surface area (TPSA) is 80.1 Å². The Kier molecular flexibility index (Phi) is 7.21. The number of aromatic nitrogens is 3. The highest BCUT2D eigenvalue weighted by Crippen LogP contribution is 2.32. The molecular formula is C30H26FN5O2. The number of aryl methyl sites for hydroxylation is 1. The van der Waals surface area contributed by atoms with Crippen LogP contribution in [0.4, 0.5) is 10.1 Å². The van der Waals surface area contributed by atoms with E-state index in [0.29, 0.717) is 16.6 Å². The Morgan fingerprint density at radius 1 is 0.895 bits per heavy atom. The van der Waals surface area contributed by atoms with Gasteiger partial charge in [0.05, 0.1) is 11.2 Å². The molecule has 4 aromatic carbocycles. The second-order valence-corrected chi connectivity index (χ2v) is 8.91. The van der Waals surface area contributed by atoms with Gasteiger partial charge in [0.15, 0.2) is 0 Å². The molecule has 0 aliphatic heterocycles. The second-order valence-electron chi connectivity index (χ2n) is 8.91. The number of hydrogen-bond donors (Lipinski definition) is 1. The van der Waals surface area contributed by atoms with Crippen LogP contribution in [0.15, 0.2) is 103 Å². The maximum absolute atomic E-state index is 15.3. The standard InChI is InChI=1S/C30H26FN5O2/c1-21-11-5-6-14-23(21)29(30(38)32-19-22-12-3-2-4-13-22)36(26-17-9-7-15-24(26)31)28(37)20-35-27-18-10-8-16-25(27)33-34-35/h2-18,29H,19-20H2,1H3,(H,32,38)/t29-/m1/s1. The van der Waals surface area contributed by atoms with E-state index in [-0.39, 0.29) is 18.8 Å². The average molecular weight is 508 g/mol. The first-order valence-corrected chi connectivity index (χ1v) is 12.2. The Morgan fingerprint density at radius 3 is 2.37 bits per heavy atom. The van der Waals surface area contributed by atoms with Gasteiger partial charge >= 0.3 is 0 Å². The molecule has 0 saturated heterocycles. The molecule has 5 rings (SSSR count). The minimum atomic E-state index is -1.13. The lowest BCUT2D eigenvalue weighted by Crippen LogP contribution is -2.45. The molecule has 1 N–H and O–H groups in total. The van der Waals surface area contributed by atoms with Crippen molar-refractivity contribution in [2.75, 3.05) is 4.90 Å². The largest absolute Gasteiger partial charge is 0.350 e. The molecular weight excluding hydrogens is 481 g/mol. The van der Waals surface area contributed by atoms with Crippen LogP contribution in [0.3, 0.4) is 0 Å². The van der Waals surface area contributed by atoms with Gasteiger partial charge in [0, 0.05) is 6.54 Å². The van der Waals surface area contributed by atoms with Crippen molar-refractivity contribution in [2.24, 2.45) is 0 Å². The zero-order valence-corrected chi connectivity index (χ0v) is 20.8. The van der Waals surface area contributed by atoms with E-state index in [9.17, 15) is 9.59 Å². The number of hydrogen-bond acceptors (Lipinski definition) is 4. The maximum atomic E-state index is 15.3. The van der Waals surface area contributed by atoms with Crippen molar-refractivity contribution >= 4 is 28.5 Å². The van der Waals surface area contributed by atoms with Crippen LogP contribution < -0.4 is 10.2 Å². The molecule has 0 radical (unpaired) electrons. The molecule has 38 heavy (non-hydrogen) atoms. The molecule has 0 saturated carbocycles. The van der Waals surface area contributed by atoms with Gasteiger partial charge in [-0.25, -0.2) is 9.07 Å². The van der Waals surface area contributed by atoms with Crippen molar-refractivity contribution in [2.45, 2.75) is 26.1 Å². The second kappa shape index (κ2) is 11.0. The maximum Gasteiger partial charge on any atom is 0.249 e. The Balaban J connectivity index is 1.58. The summed E-state index contributed by atoms with van der Waals surface area (Å²) in [5, 5.41) is 11.2. The first-order chi connectivity index (χ1) is 18.5. The summed E-state index contributed by atoms with van der Waals surface area (Å²) in [4.78, 5) is 29.1. The number of anilines is 1. The lowest BCUT2D eigenvalue weighted by atomic mass is 9.98. The molecule has 2 amide bonds. The highest BCUT2D eigenvalue weighted by molar-refractivity contribution is 6.01. The van der Waals surface area contributed by atoms with E-state index < -0.39 is 23.7 Å². The molecule has 0 aliphatic rings. The lowest BCUT2D eigenvalue weighted by Gasteiger charge is -2.32. The molecule has 1 aromatic heterocycles. The predicted molar refractivity (Wildman–Crippen MR) is 144 cm³/mol. The van der Waals surface area contributed by atoms with Crippen molar-refractivity contribution in [3.05, 3.63) is 126 Å². The normalized spacial score (nSPS) is 11.7. The number of carbonyl (C=O) groups is 2.